The van der Waals surface area contributed by atoms with Crippen LogP contribution in [0.2, 0.25) is 0 Å². The molecule has 4 fully saturated rings. The van der Waals surface area contributed by atoms with Gasteiger partial charge in [0.1, 0.15) is 0 Å². The van der Waals surface area contributed by atoms with Crippen LogP contribution in [0.1, 0.15) is 47.0 Å². The molecule has 1 nitrogen and oxygen atoms in total. The molecule has 43 heavy (non-hydrogen) atoms. The molecule has 5 aliphatic carbocycles. The molecule has 0 radical (unpaired) electrons. The van der Waals surface area contributed by atoms with Gasteiger partial charge >= 0.3 is 199 Å². The van der Waals surface area contributed by atoms with Crippen LogP contribution in [0.25, 0.3) is 11.1 Å². The zero-order valence-electron chi connectivity index (χ0n) is 26.1. The van der Waals surface area contributed by atoms with Gasteiger partial charge in [0.2, 0.25) is 0 Å². The molecule has 0 heterocycles. The molecule has 4 aromatic rings. The second-order valence-electron chi connectivity index (χ2n) is 13.5. The predicted octanol–water partition coefficient (Wildman–Crippen LogP) is 8.06. The van der Waals surface area contributed by atoms with Gasteiger partial charge in [0.05, 0.1) is 0 Å². The molecule has 0 saturated heterocycles. The molecule has 0 spiro atoms. The Morgan fingerprint density at radius 3 is 1.35 bits per heavy atom. The summed E-state index contributed by atoms with van der Waals surface area (Å²) < 4.78 is 10.00. The molecule has 1 N–H and O–H groups in total. The standard InChI is InChI=1S/C12H11Ge.C12H10.C9H13.C7H10N.Zr/c1-3-7-11(8-4-1)13-12-9-5-2-6-10-12;1-3-7-11(8-4-1)12-9-5-2-6-10-12;1-6-5-7(2)9(4)8(6)3;8-7-1-4-5(2-7)6(4)3-7;/h1-10,13H;1-10H;6H,1-4H3;4-6,8H,1-3H2;/q;;;-1;+1. The van der Waals surface area contributed by atoms with E-state index in [0.29, 0.717) is 11.5 Å². The topological polar surface area (TPSA) is 12.0 Å². The van der Waals surface area contributed by atoms with Gasteiger partial charge < -0.3 is 0 Å². The van der Waals surface area contributed by atoms with Crippen LogP contribution in [0.5, 0.6) is 0 Å². The van der Waals surface area contributed by atoms with E-state index in [-0.39, 0.29) is 0 Å². The van der Waals surface area contributed by atoms with Crippen molar-refractivity contribution >= 4 is 19.4 Å². The van der Waals surface area contributed by atoms with Crippen molar-refractivity contribution in [2.45, 2.75) is 52.5 Å². The third-order valence-electron chi connectivity index (χ3n) is 11.2. The van der Waals surface area contributed by atoms with Crippen molar-refractivity contribution in [3.63, 3.8) is 0 Å². The van der Waals surface area contributed by atoms with E-state index in [4.69, 9.17) is 0 Å². The zero-order chi connectivity index (χ0) is 29.6. The van der Waals surface area contributed by atoms with Crippen LogP contribution >= 0.6 is 0 Å². The van der Waals surface area contributed by atoms with E-state index in [0.717, 1.165) is 17.8 Å². The Morgan fingerprint density at radius 2 is 0.977 bits per heavy atom. The summed E-state index contributed by atoms with van der Waals surface area (Å²) in [5, 5.41) is 0. The van der Waals surface area contributed by atoms with E-state index < -0.39 is 30.1 Å². The average Bonchev–Trinajstić information content (AvgIpc) is 3.44. The van der Waals surface area contributed by atoms with Gasteiger partial charge in [-0.15, -0.1) is 0 Å². The van der Waals surface area contributed by atoms with Crippen LogP contribution in [-0.4, -0.2) is 16.1 Å². The molecule has 1 atom stereocenters. The molecule has 4 saturated carbocycles. The van der Waals surface area contributed by atoms with E-state index in [1.165, 1.54) is 30.4 Å². The molecule has 0 aromatic heterocycles. The Labute approximate surface area is 268 Å². The van der Waals surface area contributed by atoms with Crippen LogP contribution in [0, 0.1) is 23.7 Å². The third kappa shape index (κ3) is 5.69. The Bertz CT molecular complexity index is 1520. The second-order valence-corrected chi connectivity index (χ2v) is 36.6. The number of allylic oxidation sites excluding steroid dienone is 4. The number of benzene rings is 4. The van der Waals surface area contributed by atoms with Gasteiger partial charge in [-0.1, -0.05) is 60.7 Å². The monoisotopic (exact) mass is 702 g/mol. The zero-order valence-corrected chi connectivity index (χ0v) is 30.9. The quantitative estimate of drug-likeness (QED) is 0.192. The molecule has 0 aliphatic heterocycles. The van der Waals surface area contributed by atoms with Crippen LogP contribution in [-0.2, 0) is 19.5 Å². The predicted molar refractivity (Wildman–Crippen MR) is 182 cm³/mol. The van der Waals surface area contributed by atoms with Crippen molar-refractivity contribution in [2.75, 3.05) is 0 Å². The van der Waals surface area contributed by atoms with Gasteiger partial charge in [-0.05, 0) is 11.1 Å². The first-order valence-electron chi connectivity index (χ1n) is 16.2. The fraction of sp³-hybridized carbons (Fsp3) is 0.300. The summed E-state index contributed by atoms with van der Waals surface area (Å²) in [7, 11) is -1.99. The van der Waals surface area contributed by atoms with Crippen molar-refractivity contribution in [3.8, 4) is 11.1 Å². The Balaban J connectivity index is 0.000000209. The summed E-state index contributed by atoms with van der Waals surface area (Å²) in [4.78, 5) is 0. The normalized spacial score (nSPS) is 26.5. The summed E-state index contributed by atoms with van der Waals surface area (Å²) in [6, 6.07) is 44.2. The Morgan fingerprint density at radius 1 is 0.581 bits per heavy atom. The number of nitrogens with one attached hydrogen (secondary N) is 1. The van der Waals surface area contributed by atoms with E-state index in [1.54, 1.807) is 25.5 Å². The van der Waals surface area contributed by atoms with Crippen molar-refractivity contribution in [1.29, 1.82) is 0 Å². The van der Waals surface area contributed by atoms with Gasteiger partial charge in [-0.3, -0.25) is 0 Å². The SMILES string of the molecule is CC1=C(C)C(C)[C]([Zr]([NH]C23CC4C(C2)C4C3)[GeH]([c]2ccccc2)[c]2ccccc2)=C1C.c1ccc(-c2ccccc2)cc1. The van der Waals surface area contributed by atoms with Crippen LogP contribution in [0.15, 0.2) is 141 Å². The van der Waals surface area contributed by atoms with Gasteiger partial charge in [0, 0.05) is 0 Å². The van der Waals surface area contributed by atoms with Crippen LogP contribution < -0.4 is 12.1 Å². The van der Waals surface area contributed by atoms with Crippen molar-refractivity contribution in [1.82, 2.24) is 3.26 Å². The van der Waals surface area contributed by atoms with Gasteiger partial charge in [0.25, 0.3) is 0 Å². The minimum atomic E-state index is -2.16. The maximum Gasteiger partial charge on any atom is -0.0184 e. The average molecular weight is 703 g/mol. The van der Waals surface area contributed by atoms with Crippen LogP contribution in [0.3, 0.4) is 0 Å². The molecule has 4 bridgehead atoms. The van der Waals surface area contributed by atoms with E-state index in [1.807, 2.05) is 15.4 Å². The van der Waals surface area contributed by atoms with Crippen molar-refractivity contribution in [3.05, 3.63) is 141 Å². The van der Waals surface area contributed by atoms with E-state index in [2.05, 4.69) is 140 Å². The van der Waals surface area contributed by atoms with E-state index >= 15 is 0 Å². The second kappa shape index (κ2) is 12.3. The Hall–Kier alpha value is -2.25. The maximum absolute atomic E-state index is 4.68. The number of rotatable bonds is 7. The molecule has 9 rings (SSSR count). The summed E-state index contributed by atoms with van der Waals surface area (Å²) in [6.45, 7) is 9.74. The smallest absolute Gasteiger partial charge is 0.0184 e. The van der Waals surface area contributed by atoms with Crippen molar-refractivity contribution in [2.24, 2.45) is 23.7 Å². The Kier molecular flexibility index (Phi) is 8.40. The molecule has 5 aliphatic rings. The molecule has 4 aromatic carbocycles. The minimum Gasteiger partial charge on any atom is -0.0622 e. The van der Waals surface area contributed by atoms with Gasteiger partial charge in [0.15, 0.2) is 0 Å². The molecular formula is C40H44GeNZr. The van der Waals surface area contributed by atoms with E-state index in [9.17, 15) is 0 Å². The molecule has 0 amide bonds. The summed E-state index contributed by atoms with van der Waals surface area (Å²) in [5.41, 5.74) is 7.93. The van der Waals surface area contributed by atoms with Gasteiger partial charge in [-0.25, -0.2) is 0 Å². The fourth-order valence-corrected chi connectivity index (χ4v) is 48.8. The number of hydrogen-bond donors (Lipinski definition) is 1. The van der Waals surface area contributed by atoms with Crippen LogP contribution in [0.4, 0.5) is 0 Å². The molecule has 217 valence electrons. The molecule has 1 unspecified atom stereocenters. The first-order chi connectivity index (χ1) is 21.0. The summed E-state index contributed by atoms with van der Waals surface area (Å²) in [5.74, 6) is 3.88. The first kappa shape index (κ1) is 29.5. The van der Waals surface area contributed by atoms with Crippen molar-refractivity contribution < 1.29 is 19.5 Å². The first-order valence-corrected chi connectivity index (χ1v) is 29.7. The maximum atomic E-state index is 4.68. The summed E-state index contributed by atoms with van der Waals surface area (Å²) in [6.07, 6.45) is 4.45. The largest absolute Gasteiger partial charge is 0.0622 e. The summed E-state index contributed by atoms with van der Waals surface area (Å²) >= 11 is -2.16. The third-order valence-corrected chi connectivity index (χ3v) is 43.7. The molecular weight excluding hydrogens is 658 g/mol. The minimum absolute atomic E-state index is 0.499. The number of hydrogen-bond acceptors (Lipinski definition) is 1. The molecule has 3 heteroatoms. The fourth-order valence-electron chi connectivity index (χ4n) is 8.65. The van der Waals surface area contributed by atoms with Gasteiger partial charge in [-0.2, -0.15) is 0 Å².